The molecule has 0 radical (unpaired) electrons. The minimum absolute atomic E-state index is 0.835. The van der Waals surface area contributed by atoms with Gasteiger partial charge in [0, 0.05) is 10.9 Å². The van der Waals surface area contributed by atoms with E-state index in [9.17, 15) is 0 Å². The Morgan fingerprint density at radius 3 is 2.26 bits per heavy atom. The quantitative estimate of drug-likeness (QED) is 0.365. The first-order valence-electron chi connectivity index (χ1n) is 7.66. The van der Waals surface area contributed by atoms with Crippen LogP contribution in [-0.2, 0) is 0 Å². The molecule has 0 atom stereocenters. The van der Waals surface area contributed by atoms with Crippen molar-refractivity contribution in [2.24, 2.45) is 0 Å². The molecular weight excluding hydrogens is 282 g/mol. The third-order valence-electron chi connectivity index (χ3n) is 4.38. The minimum Gasteiger partial charge on any atom is -0.355 e. The summed E-state index contributed by atoms with van der Waals surface area (Å²) in [5.74, 6) is 0.835. The Morgan fingerprint density at radius 1 is 0.609 bits per heavy atom. The molecular formula is C21H13NO. The van der Waals surface area contributed by atoms with Gasteiger partial charge in [-0.2, -0.15) is 0 Å². The number of rotatable bonds is 1. The average Bonchev–Trinajstić information content (AvgIpc) is 3.03. The molecule has 0 saturated carbocycles. The predicted octanol–water partition coefficient (Wildman–Crippen LogP) is 5.80. The number of hydrogen-bond donors (Lipinski definition) is 0. The molecule has 0 unspecified atom stereocenters. The van der Waals surface area contributed by atoms with Crippen LogP contribution in [0.5, 0.6) is 0 Å². The molecule has 2 heteroatoms. The summed E-state index contributed by atoms with van der Waals surface area (Å²) in [7, 11) is 0. The number of fused-ring (bicyclic) bond motifs is 3. The summed E-state index contributed by atoms with van der Waals surface area (Å²) < 4.78 is 5.67. The van der Waals surface area contributed by atoms with Gasteiger partial charge >= 0.3 is 0 Å². The molecule has 0 amide bonds. The lowest BCUT2D eigenvalue weighted by Crippen LogP contribution is -1.81. The molecule has 23 heavy (non-hydrogen) atoms. The van der Waals surface area contributed by atoms with E-state index in [1.54, 1.807) is 0 Å². The second kappa shape index (κ2) is 4.68. The molecule has 0 N–H and O–H groups in total. The zero-order chi connectivity index (χ0) is 15.2. The van der Waals surface area contributed by atoms with E-state index in [2.05, 4.69) is 65.8 Å². The fourth-order valence-electron chi connectivity index (χ4n) is 3.25. The fraction of sp³-hybridized carbons (Fsp3) is 0. The summed E-state index contributed by atoms with van der Waals surface area (Å²) in [6.45, 7) is 0. The molecule has 0 aliphatic heterocycles. The van der Waals surface area contributed by atoms with Crippen molar-refractivity contribution in [3.05, 3.63) is 78.9 Å². The second-order valence-corrected chi connectivity index (χ2v) is 5.75. The molecule has 0 saturated heterocycles. The minimum atomic E-state index is 0.835. The lowest BCUT2D eigenvalue weighted by atomic mass is 9.97. The first-order valence-corrected chi connectivity index (χ1v) is 7.66. The van der Waals surface area contributed by atoms with Crippen LogP contribution < -0.4 is 0 Å². The van der Waals surface area contributed by atoms with E-state index in [0.717, 1.165) is 22.2 Å². The first kappa shape index (κ1) is 12.4. The Kier molecular flexibility index (Phi) is 2.53. The number of aromatic nitrogens is 1. The van der Waals surface area contributed by atoms with Crippen LogP contribution >= 0.6 is 0 Å². The van der Waals surface area contributed by atoms with Crippen molar-refractivity contribution in [2.75, 3.05) is 0 Å². The molecule has 1 heterocycles. The molecule has 0 aliphatic rings. The van der Waals surface area contributed by atoms with E-state index in [0.29, 0.717) is 0 Å². The zero-order valence-electron chi connectivity index (χ0n) is 12.4. The molecule has 5 rings (SSSR count). The summed E-state index contributed by atoms with van der Waals surface area (Å²) in [5, 5.41) is 10.1. The Bertz CT molecular complexity index is 1170. The van der Waals surface area contributed by atoms with E-state index in [1.807, 2.05) is 18.2 Å². The zero-order valence-corrected chi connectivity index (χ0v) is 12.4. The van der Waals surface area contributed by atoms with Gasteiger partial charge in [0.05, 0.1) is 0 Å². The topological polar surface area (TPSA) is 26.0 Å². The average molecular weight is 295 g/mol. The van der Waals surface area contributed by atoms with Gasteiger partial charge in [-0.05, 0) is 45.8 Å². The van der Waals surface area contributed by atoms with Gasteiger partial charge in [0.15, 0.2) is 5.76 Å². The van der Waals surface area contributed by atoms with Crippen molar-refractivity contribution in [2.45, 2.75) is 0 Å². The number of nitrogens with zero attached hydrogens (tertiary/aromatic N) is 1. The molecule has 4 aromatic carbocycles. The van der Waals surface area contributed by atoms with Crippen molar-refractivity contribution in [1.29, 1.82) is 0 Å². The van der Waals surface area contributed by atoms with E-state index < -0.39 is 0 Å². The Balaban J connectivity index is 1.89. The van der Waals surface area contributed by atoms with Crippen LogP contribution in [0.3, 0.4) is 0 Å². The van der Waals surface area contributed by atoms with E-state index in [-0.39, 0.29) is 0 Å². The maximum Gasteiger partial charge on any atom is 0.175 e. The molecule has 0 bridgehead atoms. The summed E-state index contributed by atoms with van der Waals surface area (Å²) >= 11 is 0. The standard InChI is InChI=1S/C21H13NO/c1-2-7-15-13-19-16(12-14(15)6-1)8-5-10-17(19)21-18-9-3-4-11-20(18)22-23-21/h1-13H. The van der Waals surface area contributed by atoms with Crippen molar-refractivity contribution >= 4 is 32.4 Å². The highest BCUT2D eigenvalue weighted by atomic mass is 16.5. The highest BCUT2D eigenvalue weighted by Crippen LogP contribution is 2.35. The molecule has 2 nitrogen and oxygen atoms in total. The summed E-state index contributed by atoms with van der Waals surface area (Å²) in [5.41, 5.74) is 1.97. The second-order valence-electron chi connectivity index (χ2n) is 5.75. The van der Waals surface area contributed by atoms with Gasteiger partial charge in [0.1, 0.15) is 5.52 Å². The Labute approximate surface area is 132 Å². The summed E-state index contributed by atoms with van der Waals surface area (Å²) in [4.78, 5) is 0. The fourth-order valence-corrected chi connectivity index (χ4v) is 3.25. The van der Waals surface area contributed by atoms with E-state index in [1.165, 1.54) is 21.5 Å². The third kappa shape index (κ3) is 1.85. The smallest absolute Gasteiger partial charge is 0.175 e. The summed E-state index contributed by atoms with van der Waals surface area (Å²) in [6.07, 6.45) is 0. The van der Waals surface area contributed by atoms with Crippen molar-refractivity contribution < 1.29 is 4.52 Å². The van der Waals surface area contributed by atoms with Crippen LogP contribution in [0.1, 0.15) is 0 Å². The highest BCUT2D eigenvalue weighted by Gasteiger charge is 2.13. The monoisotopic (exact) mass is 295 g/mol. The Morgan fingerprint density at radius 2 is 1.35 bits per heavy atom. The van der Waals surface area contributed by atoms with Gasteiger partial charge < -0.3 is 4.52 Å². The predicted molar refractivity (Wildman–Crippen MR) is 94.5 cm³/mol. The molecule has 0 fully saturated rings. The van der Waals surface area contributed by atoms with Gasteiger partial charge in [-0.25, -0.2) is 0 Å². The van der Waals surface area contributed by atoms with Crippen molar-refractivity contribution in [3.8, 4) is 11.3 Å². The number of benzene rings is 4. The van der Waals surface area contributed by atoms with Crippen LogP contribution in [0.4, 0.5) is 0 Å². The van der Waals surface area contributed by atoms with Crippen molar-refractivity contribution in [1.82, 2.24) is 5.16 Å². The maximum absolute atomic E-state index is 5.67. The molecule has 0 aliphatic carbocycles. The van der Waals surface area contributed by atoms with Gasteiger partial charge in [-0.15, -0.1) is 0 Å². The lowest BCUT2D eigenvalue weighted by molar-refractivity contribution is 0.441. The molecule has 1 aromatic heterocycles. The highest BCUT2D eigenvalue weighted by molar-refractivity contribution is 6.07. The van der Waals surface area contributed by atoms with Crippen LogP contribution in [0, 0.1) is 0 Å². The normalized spacial score (nSPS) is 11.5. The van der Waals surface area contributed by atoms with Crippen molar-refractivity contribution in [3.63, 3.8) is 0 Å². The Hall–Kier alpha value is -3.13. The van der Waals surface area contributed by atoms with E-state index in [4.69, 9.17) is 4.52 Å². The van der Waals surface area contributed by atoms with E-state index >= 15 is 0 Å². The third-order valence-corrected chi connectivity index (χ3v) is 4.38. The molecule has 108 valence electrons. The first-order chi connectivity index (χ1) is 11.4. The maximum atomic E-state index is 5.67. The lowest BCUT2D eigenvalue weighted by Gasteiger charge is -2.06. The van der Waals surface area contributed by atoms with Gasteiger partial charge in [0.25, 0.3) is 0 Å². The molecule has 0 spiro atoms. The number of hydrogen-bond acceptors (Lipinski definition) is 2. The summed E-state index contributed by atoms with van der Waals surface area (Å²) in [6, 6.07) is 27.2. The van der Waals surface area contributed by atoms with Gasteiger partial charge in [0.2, 0.25) is 0 Å². The largest absolute Gasteiger partial charge is 0.355 e. The van der Waals surface area contributed by atoms with Crippen LogP contribution in [0.2, 0.25) is 0 Å². The van der Waals surface area contributed by atoms with Gasteiger partial charge in [-0.3, -0.25) is 0 Å². The van der Waals surface area contributed by atoms with Crippen LogP contribution in [0.25, 0.3) is 43.8 Å². The van der Waals surface area contributed by atoms with Gasteiger partial charge in [-0.1, -0.05) is 59.8 Å². The molecule has 5 aromatic rings. The van der Waals surface area contributed by atoms with Crippen LogP contribution in [0.15, 0.2) is 83.4 Å². The SMILES string of the molecule is c1ccc2cc3c(-c4onc5ccccc45)cccc3cc2c1. The van der Waals surface area contributed by atoms with Crippen LogP contribution in [-0.4, -0.2) is 5.16 Å².